The molecule has 1 aliphatic rings. The minimum Gasteiger partial charge on any atom is -0.369 e. The Morgan fingerprint density at radius 1 is 1.38 bits per heavy atom. The minimum atomic E-state index is -0.214. The van der Waals surface area contributed by atoms with Gasteiger partial charge in [-0.05, 0) is 25.8 Å². The van der Waals surface area contributed by atoms with Gasteiger partial charge in [-0.25, -0.2) is 0 Å². The molecule has 0 saturated carbocycles. The van der Waals surface area contributed by atoms with Crippen molar-refractivity contribution in [1.29, 1.82) is 0 Å². The number of hydrogen-bond donors (Lipinski definition) is 2. The molecule has 1 saturated heterocycles. The van der Waals surface area contributed by atoms with Crippen molar-refractivity contribution in [1.82, 2.24) is 10.2 Å². The van der Waals surface area contributed by atoms with Crippen molar-refractivity contribution >= 4 is 5.91 Å². The van der Waals surface area contributed by atoms with Crippen LogP contribution in [0.15, 0.2) is 0 Å². The highest BCUT2D eigenvalue weighted by Gasteiger charge is 2.19. The quantitative estimate of drug-likeness (QED) is 0.630. The van der Waals surface area contributed by atoms with Crippen molar-refractivity contribution in [2.75, 3.05) is 26.2 Å². The Kier molecular flexibility index (Phi) is 6.42. The van der Waals surface area contributed by atoms with Gasteiger partial charge in [-0.3, -0.25) is 9.69 Å². The van der Waals surface area contributed by atoms with Gasteiger partial charge < -0.3 is 11.1 Å². The van der Waals surface area contributed by atoms with Crippen LogP contribution < -0.4 is 11.1 Å². The summed E-state index contributed by atoms with van der Waals surface area (Å²) in [7, 11) is 0. The molecule has 1 heterocycles. The van der Waals surface area contributed by atoms with Crippen LogP contribution in [0.4, 0.5) is 0 Å². The van der Waals surface area contributed by atoms with Crippen LogP contribution in [-0.2, 0) is 4.79 Å². The predicted molar refractivity (Wildman–Crippen MR) is 66.2 cm³/mol. The molecule has 0 radical (unpaired) electrons. The van der Waals surface area contributed by atoms with E-state index in [0.717, 1.165) is 32.5 Å². The molecular weight excluding hydrogens is 202 g/mol. The van der Waals surface area contributed by atoms with Crippen molar-refractivity contribution in [2.24, 2.45) is 5.73 Å². The largest absolute Gasteiger partial charge is 0.369 e. The standard InChI is InChI=1S/C12H25N3O/c1-2-3-4-7-14-11-5-8-15(9-6-11)10-12(13)16/h11,14H,2-10H2,1H3,(H2,13,16). The normalized spacial score (nSPS) is 18.8. The number of hydrogen-bond acceptors (Lipinski definition) is 3. The van der Waals surface area contributed by atoms with Crippen LogP contribution in [0.25, 0.3) is 0 Å². The SMILES string of the molecule is CCCCCNC1CCN(CC(N)=O)CC1. The fourth-order valence-electron chi connectivity index (χ4n) is 2.20. The molecule has 0 aliphatic carbocycles. The van der Waals surface area contributed by atoms with Gasteiger partial charge in [0.05, 0.1) is 6.54 Å². The lowest BCUT2D eigenvalue weighted by Gasteiger charge is -2.31. The van der Waals surface area contributed by atoms with Crippen molar-refractivity contribution in [3.8, 4) is 0 Å². The molecule has 0 atom stereocenters. The molecule has 4 nitrogen and oxygen atoms in total. The Morgan fingerprint density at radius 2 is 2.06 bits per heavy atom. The molecule has 1 aliphatic heterocycles. The van der Waals surface area contributed by atoms with Crippen molar-refractivity contribution in [3.63, 3.8) is 0 Å². The van der Waals surface area contributed by atoms with Crippen LogP contribution in [0.5, 0.6) is 0 Å². The van der Waals surface area contributed by atoms with Crippen LogP contribution >= 0.6 is 0 Å². The van der Waals surface area contributed by atoms with Gasteiger partial charge in [0.25, 0.3) is 0 Å². The summed E-state index contributed by atoms with van der Waals surface area (Å²) in [5.41, 5.74) is 5.18. The molecule has 1 amide bonds. The summed E-state index contributed by atoms with van der Waals surface area (Å²) in [6.45, 7) is 5.77. The summed E-state index contributed by atoms with van der Waals surface area (Å²) in [5, 5.41) is 3.59. The van der Waals surface area contributed by atoms with Gasteiger partial charge in [0.2, 0.25) is 5.91 Å². The van der Waals surface area contributed by atoms with E-state index in [2.05, 4.69) is 17.1 Å². The Bertz CT molecular complexity index is 200. The molecule has 4 heteroatoms. The first-order valence-electron chi connectivity index (χ1n) is 6.46. The summed E-state index contributed by atoms with van der Waals surface area (Å²) >= 11 is 0. The maximum Gasteiger partial charge on any atom is 0.231 e. The van der Waals surface area contributed by atoms with E-state index in [1.807, 2.05) is 0 Å². The first-order chi connectivity index (χ1) is 7.72. The van der Waals surface area contributed by atoms with Gasteiger partial charge >= 0.3 is 0 Å². The van der Waals surface area contributed by atoms with E-state index in [1.165, 1.54) is 19.3 Å². The van der Waals surface area contributed by atoms with Crippen molar-refractivity contribution in [3.05, 3.63) is 0 Å². The van der Waals surface area contributed by atoms with Gasteiger partial charge in [0.1, 0.15) is 0 Å². The van der Waals surface area contributed by atoms with E-state index in [1.54, 1.807) is 0 Å². The highest BCUT2D eigenvalue weighted by molar-refractivity contribution is 5.75. The fourth-order valence-corrected chi connectivity index (χ4v) is 2.20. The van der Waals surface area contributed by atoms with Gasteiger partial charge in [-0.15, -0.1) is 0 Å². The molecule has 0 aromatic carbocycles. The first-order valence-corrected chi connectivity index (χ1v) is 6.46. The lowest BCUT2D eigenvalue weighted by molar-refractivity contribution is -0.119. The molecule has 0 spiro atoms. The number of nitrogens with two attached hydrogens (primary N) is 1. The van der Waals surface area contributed by atoms with E-state index in [-0.39, 0.29) is 5.91 Å². The molecule has 3 N–H and O–H groups in total. The number of nitrogens with one attached hydrogen (secondary N) is 1. The second kappa shape index (κ2) is 7.63. The zero-order chi connectivity index (χ0) is 11.8. The molecule has 1 fully saturated rings. The van der Waals surface area contributed by atoms with Gasteiger partial charge in [-0.1, -0.05) is 19.8 Å². The second-order valence-corrected chi connectivity index (χ2v) is 4.68. The average molecular weight is 227 g/mol. The number of rotatable bonds is 7. The van der Waals surface area contributed by atoms with E-state index < -0.39 is 0 Å². The summed E-state index contributed by atoms with van der Waals surface area (Å²) in [6.07, 6.45) is 6.14. The lowest BCUT2D eigenvalue weighted by atomic mass is 10.0. The topological polar surface area (TPSA) is 58.4 Å². The van der Waals surface area contributed by atoms with Crippen LogP contribution in [0.2, 0.25) is 0 Å². The Morgan fingerprint density at radius 3 is 2.62 bits per heavy atom. The number of carbonyl (C=O) groups is 1. The fraction of sp³-hybridized carbons (Fsp3) is 0.917. The van der Waals surface area contributed by atoms with E-state index in [9.17, 15) is 4.79 Å². The Hall–Kier alpha value is -0.610. The zero-order valence-corrected chi connectivity index (χ0v) is 10.4. The monoisotopic (exact) mass is 227 g/mol. The molecule has 94 valence electrons. The van der Waals surface area contributed by atoms with Gasteiger partial charge in [-0.2, -0.15) is 0 Å². The number of primary amides is 1. The van der Waals surface area contributed by atoms with Crippen molar-refractivity contribution in [2.45, 2.75) is 45.1 Å². The van der Waals surface area contributed by atoms with Gasteiger partial charge in [0.15, 0.2) is 0 Å². The molecule has 0 aromatic rings. The maximum absolute atomic E-state index is 10.8. The number of unbranched alkanes of at least 4 members (excludes halogenated alkanes) is 2. The molecule has 0 aromatic heterocycles. The summed E-state index contributed by atoms with van der Waals surface area (Å²) in [4.78, 5) is 12.9. The van der Waals surface area contributed by atoms with Crippen LogP contribution in [0.1, 0.15) is 39.0 Å². The second-order valence-electron chi connectivity index (χ2n) is 4.68. The summed E-state index contributed by atoms with van der Waals surface area (Å²) in [5.74, 6) is -0.214. The molecule has 0 bridgehead atoms. The van der Waals surface area contributed by atoms with Crippen LogP contribution in [0, 0.1) is 0 Å². The molecule has 0 unspecified atom stereocenters. The van der Waals surface area contributed by atoms with E-state index in [4.69, 9.17) is 5.73 Å². The number of piperidine rings is 1. The number of likely N-dealkylation sites (tertiary alicyclic amines) is 1. The number of carbonyl (C=O) groups excluding carboxylic acids is 1. The minimum absolute atomic E-state index is 0.214. The summed E-state index contributed by atoms with van der Waals surface area (Å²) < 4.78 is 0. The van der Waals surface area contributed by atoms with Crippen LogP contribution in [0.3, 0.4) is 0 Å². The lowest BCUT2D eigenvalue weighted by Crippen LogP contribution is -2.45. The van der Waals surface area contributed by atoms with Crippen LogP contribution in [-0.4, -0.2) is 43.0 Å². The zero-order valence-electron chi connectivity index (χ0n) is 10.4. The average Bonchev–Trinajstić information content (AvgIpc) is 2.26. The number of nitrogens with zero attached hydrogens (tertiary/aromatic N) is 1. The van der Waals surface area contributed by atoms with Crippen molar-refractivity contribution < 1.29 is 4.79 Å². The number of amides is 1. The third-order valence-corrected chi connectivity index (χ3v) is 3.18. The van der Waals surface area contributed by atoms with Gasteiger partial charge in [0, 0.05) is 19.1 Å². The Labute approximate surface area is 98.6 Å². The molecule has 16 heavy (non-hydrogen) atoms. The Balaban J connectivity index is 2.05. The highest BCUT2D eigenvalue weighted by Crippen LogP contribution is 2.09. The third kappa shape index (κ3) is 5.47. The third-order valence-electron chi connectivity index (χ3n) is 3.18. The highest BCUT2D eigenvalue weighted by atomic mass is 16.1. The van der Waals surface area contributed by atoms with E-state index >= 15 is 0 Å². The molecule has 1 rings (SSSR count). The smallest absolute Gasteiger partial charge is 0.231 e. The summed E-state index contributed by atoms with van der Waals surface area (Å²) in [6, 6.07) is 0.640. The van der Waals surface area contributed by atoms with E-state index in [0.29, 0.717) is 12.6 Å². The first kappa shape index (κ1) is 13.5. The molecular formula is C12H25N3O. The maximum atomic E-state index is 10.8. The predicted octanol–water partition coefficient (Wildman–Crippen LogP) is 0.716.